The Labute approximate surface area is 97.2 Å². The Bertz CT molecular complexity index is 326. The van der Waals surface area contributed by atoms with Crippen LogP contribution < -0.4 is 5.32 Å². The third kappa shape index (κ3) is 4.39. The highest BCUT2D eigenvalue weighted by atomic mass is 32.2. The van der Waals surface area contributed by atoms with Crippen LogP contribution in [-0.4, -0.2) is 29.3 Å². The minimum Gasteiger partial charge on any atom is -0.480 e. The Hall–Kier alpha value is -1.43. The largest absolute Gasteiger partial charge is 0.480 e. The fourth-order valence-electron chi connectivity index (χ4n) is 1.13. The third-order valence-corrected chi connectivity index (χ3v) is 3.03. The number of amides is 1. The summed E-state index contributed by atoms with van der Waals surface area (Å²) in [7, 11) is 0. The summed E-state index contributed by atoms with van der Waals surface area (Å²) in [5, 5.41) is 11.0. The number of carboxylic acid groups (broad SMARTS) is 1. The van der Waals surface area contributed by atoms with E-state index in [9.17, 15) is 9.59 Å². The second-order valence-electron chi connectivity index (χ2n) is 3.15. The molecule has 88 valence electrons. The van der Waals surface area contributed by atoms with E-state index < -0.39 is 12.0 Å². The first-order valence-electron chi connectivity index (χ1n) is 4.75. The fourth-order valence-corrected chi connectivity index (χ4v) is 2.07. The van der Waals surface area contributed by atoms with Crippen molar-refractivity contribution in [2.45, 2.75) is 18.2 Å². The Morgan fingerprint density at radius 3 is 3.06 bits per heavy atom. The standard InChI is InChI=1S/C10H13NO4S/c12-7-11-9(10(13)14)2-4-16-6-8-1-3-15-5-8/h1,3,5,7,9H,2,4,6H2,(H,11,12)(H,13,14). The minimum atomic E-state index is -1.00. The van der Waals surface area contributed by atoms with Crippen LogP contribution in [0.1, 0.15) is 12.0 Å². The Morgan fingerprint density at radius 2 is 2.50 bits per heavy atom. The number of carboxylic acids is 1. The van der Waals surface area contributed by atoms with Gasteiger partial charge in [0, 0.05) is 11.3 Å². The van der Waals surface area contributed by atoms with Crippen LogP contribution >= 0.6 is 11.8 Å². The molecule has 0 aliphatic heterocycles. The first-order valence-corrected chi connectivity index (χ1v) is 5.91. The number of hydrogen-bond acceptors (Lipinski definition) is 4. The monoisotopic (exact) mass is 243 g/mol. The van der Waals surface area contributed by atoms with Gasteiger partial charge in [-0.25, -0.2) is 4.79 Å². The molecule has 0 bridgehead atoms. The average molecular weight is 243 g/mol. The van der Waals surface area contributed by atoms with E-state index in [4.69, 9.17) is 9.52 Å². The molecule has 0 aliphatic rings. The molecular formula is C10H13NO4S. The molecule has 2 N–H and O–H groups in total. The van der Waals surface area contributed by atoms with Gasteiger partial charge in [0.15, 0.2) is 0 Å². The van der Waals surface area contributed by atoms with Gasteiger partial charge in [-0.2, -0.15) is 11.8 Å². The van der Waals surface area contributed by atoms with E-state index in [1.54, 1.807) is 24.3 Å². The molecule has 1 aromatic rings. The molecule has 1 heterocycles. The van der Waals surface area contributed by atoms with Crippen molar-refractivity contribution in [1.29, 1.82) is 0 Å². The summed E-state index contributed by atoms with van der Waals surface area (Å²) >= 11 is 1.60. The number of nitrogens with one attached hydrogen (secondary N) is 1. The molecule has 0 radical (unpaired) electrons. The van der Waals surface area contributed by atoms with Crippen molar-refractivity contribution in [3.8, 4) is 0 Å². The van der Waals surface area contributed by atoms with Gasteiger partial charge in [0.2, 0.25) is 6.41 Å². The lowest BCUT2D eigenvalue weighted by Crippen LogP contribution is -2.36. The van der Waals surface area contributed by atoms with Gasteiger partial charge < -0.3 is 14.8 Å². The zero-order chi connectivity index (χ0) is 11.8. The quantitative estimate of drug-likeness (QED) is 0.528. The lowest BCUT2D eigenvalue weighted by atomic mass is 10.2. The van der Waals surface area contributed by atoms with Crippen LogP contribution in [-0.2, 0) is 15.3 Å². The maximum Gasteiger partial charge on any atom is 0.326 e. The van der Waals surface area contributed by atoms with Gasteiger partial charge in [0.1, 0.15) is 6.04 Å². The first kappa shape index (κ1) is 12.6. The summed E-state index contributed by atoms with van der Waals surface area (Å²) in [5.74, 6) is 0.448. The molecule has 1 amide bonds. The molecule has 1 unspecified atom stereocenters. The lowest BCUT2D eigenvalue weighted by molar-refractivity contribution is -0.140. The van der Waals surface area contributed by atoms with E-state index in [1.807, 2.05) is 6.07 Å². The minimum absolute atomic E-state index is 0.413. The van der Waals surface area contributed by atoms with Crippen LogP contribution in [0.4, 0.5) is 0 Å². The molecule has 6 heteroatoms. The number of aliphatic carboxylic acids is 1. The maximum atomic E-state index is 10.7. The molecule has 0 aliphatic carbocycles. The molecule has 0 saturated carbocycles. The van der Waals surface area contributed by atoms with Crippen LogP contribution in [0.3, 0.4) is 0 Å². The number of rotatable bonds is 8. The van der Waals surface area contributed by atoms with Crippen LogP contribution in [0.15, 0.2) is 23.0 Å². The zero-order valence-electron chi connectivity index (χ0n) is 8.59. The van der Waals surface area contributed by atoms with Crippen molar-refractivity contribution >= 4 is 24.1 Å². The van der Waals surface area contributed by atoms with Crippen LogP contribution in [0.5, 0.6) is 0 Å². The molecular weight excluding hydrogens is 230 g/mol. The van der Waals surface area contributed by atoms with Crippen molar-refractivity contribution < 1.29 is 19.1 Å². The Kier molecular flexibility index (Phi) is 5.49. The second kappa shape index (κ2) is 6.95. The summed E-state index contributed by atoms with van der Waals surface area (Å²) in [6, 6.07) is 1.07. The average Bonchev–Trinajstić information content (AvgIpc) is 2.75. The highest BCUT2D eigenvalue weighted by molar-refractivity contribution is 7.98. The molecule has 0 fully saturated rings. The van der Waals surface area contributed by atoms with Gasteiger partial charge in [0.25, 0.3) is 0 Å². The highest BCUT2D eigenvalue weighted by Crippen LogP contribution is 2.14. The molecule has 0 spiro atoms. The molecule has 1 rings (SSSR count). The number of carbonyl (C=O) groups is 2. The van der Waals surface area contributed by atoms with Crippen molar-refractivity contribution in [2.75, 3.05) is 5.75 Å². The predicted octanol–water partition coefficient (Wildman–Crippen LogP) is 1.10. The summed E-state index contributed by atoms with van der Waals surface area (Å²) in [5.41, 5.74) is 1.07. The van der Waals surface area contributed by atoms with Gasteiger partial charge >= 0.3 is 5.97 Å². The van der Waals surface area contributed by atoms with Gasteiger partial charge in [-0.15, -0.1) is 0 Å². The highest BCUT2D eigenvalue weighted by Gasteiger charge is 2.15. The zero-order valence-corrected chi connectivity index (χ0v) is 9.40. The third-order valence-electron chi connectivity index (χ3n) is 1.97. The van der Waals surface area contributed by atoms with Gasteiger partial charge in [0.05, 0.1) is 12.5 Å². The molecule has 5 nitrogen and oxygen atoms in total. The molecule has 1 atom stereocenters. The molecule has 16 heavy (non-hydrogen) atoms. The topological polar surface area (TPSA) is 79.5 Å². The first-order chi connectivity index (χ1) is 7.74. The van der Waals surface area contributed by atoms with Crippen LogP contribution in [0.2, 0.25) is 0 Å². The smallest absolute Gasteiger partial charge is 0.326 e. The number of carbonyl (C=O) groups excluding carboxylic acids is 1. The molecule has 0 aromatic carbocycles. The predicted molar refractivity (Wildman–Crippen MR) is 60.1 cm³/mol. The van der Waals surface area contributed by atoms with Crippen LogP contribution in [0.25, 0.3) is 0 Å². The van der Waals surface area contributed by atoms with E-state index in [0.29, 0.717) is 18.6 Å². The Balaban J connectivity index is 2.18. The maximum absolute atomic E-state index is 10.7. The van der Waals surface area contributed by atoms with Gasteiger partial charge in [-0.3, -0.25) is 4.79 Å². The van der Waals surface area contributed by atoms with Gasteiger partial charge in [-0.05, 0) is 18.2 Å². The number of furan rings is 1. The summed E-state index contributed by atoms with van der Waals surface area (Å²) in [4.78, 5) is 20.8. The van der Waals surface area contributed by atoms with E-state index in [-0.39, 0.29) is 0 Å². The van der Waals surface area contributed by atoms with Crippen molar-refractivity contribution in [2.24, 2.45) is 0 Å². The SMILES string of the molecule is O=CNC(CCSCc1ccoc1)C(=O)O. The second-order valence-corrected chi connectivity index (χ2v) is 4.25. The number of hydrogen-bond donors (Lipinski definition) is 2. The summed E-state index contributed by atoms with van der Waals surface area (Å²) in [6.45, 7) is 0. The van der Waals surface area contributed by atoms with E-state index in [1.165, 1.54) is 0 Å². The number of thioether (sulfide) groups is 1. The van der Waals surface area contributed by atoms with Crippen molar-refractivity contribution in [3.63, 3.8) is 0 Å². The lowest BCUT2D eigenvalue weighted by Gasteiger charge is -2.09. The van der Waals surface area contributed by atoms with E-state index in [0.717, 1.165) is 11.3 Å². The summed E-state index contributed by atoms with van der Waals surface area (Å²) < 4.78 is 4.90. The van der Waals surface area contributed by atoms with Crippen molar-refractivity contribution in [3.05, 3.63) is 24.2 Å². The Morgan fingerprint density at radius 1 is 1.69 bits per heavy atom. The molecule has 1 aromatic heterocycles. The van der Waals surface area contributed by atoms with Crippen molar-refractivity contribution in [1.82, 2.24) is 5.32 Å². The van der Waals surface area contributed by atoms with Gasteiger partial charge in [-0.1, -0.05) is 0 Å². The van der Waals surface area contributed by atoms with E-state index in [2.05, 4.69) is 5.32 Å². The normalized spacial score (nSPS) is 12.0. The summed E-state index contributed by atoms with van der Waals surface area (Å²) in [6.07, 6.45) is 4.09. The molecule has 0 saturated heterocycles. The van der Waals surface area contributed by atoms with Crippen LogP contribution in [0, 0.1) is 0 Å². The fraction of sp³-hybridized carbons (Fsp3) is 0.400. The van der Waals surface area contributed by atoms with E-state index >= 15 is 0 Å².